The summed E-state index contributed by atoms with van der Waals surface area (Å²) in [5.41, 5.74) is 3.25. The van der Waals surface area contributed by atoms with Gasteiger partial charge >= 0.3 is 0 Å². The molecule has 0 spiro atoms. The molecule has 0 unspecified atom stereocenters. The zero-order valence-corrected chi connectivity index (χ0v) is 13.6. The number of hydrogen-bond acceptors (Lipinski definition) is 5. The summed E-state index contributed by atoms with van der Waals surface area (Å²) in [4.78, 5) is 12.0. The molecule has 0 saturated heterocycles. The highest BCUT2D eigenvalue weighted by Crippen LogP contribution is 2.25. The summed E-state index contributed by atoms with van der Waals surface area (Å²) in [6, 6.07) is 11.7. The molecule has 1 N–H and O–H groups in total. The highest BCUT2D eigenvalue weighted by Gasteiger charge is 2.25. The van der Waals surface area contributed by atoms with Crippen LogP contribution in [0.15, 0.2) is 53.3 Å². The molecule has 7 nitrogen and oxygen atoms in total. The van der Waals surface area contributed by atoms with Crippen molar-refractivity contribution in [2.75, 3.05) is 13.2 Å². The predicted molar refractivity (Wildman–Crippen MR) is 89.0 cm³/mol. The van der Waals surface area contributed by atoms with Crippen LogP contribution in [0.25, 0.3) is 0 Å². The Bertz CT molecular complexity index is 843. The number of rotatable bonds is 5. The number of aromatic nitrogens is 3. The average molecular weight is 338 g/mol. The number of hydrogen-bond donors (Lipinski definition) is 1. The Morgan fingerprint density at radius 1 is 1.28 bits per heavy atom. The van der Waals surface area contributed by atoms with Crippen molar-refractivity contribution >= 4 is 5.91 Å². The Hall–Kier alpha value is -2.93. The maximum atomic E-state index is 12.0. The van der Waals surface area contributed by atoms with Crippen LogP contribution >= 0.6 is 0 Å². The Kier molecular flexibility index (Phi) is 4.30. The van der Waals surface area contributed by atoms with Gasteiger partial charge in [0.2, 0.25) is 5.76 Å². The van der Waals surface area contributed by atoms with Crippen molar-refractivity contribution in [3.05, 3.63) is 71.4 Å². The number of amides is 1. The number of benzene rings is 1. The molecule has 0 bridgehead atoms. The van der Waals surface area contributed by atoms with Crippen molar-refractivity contribution in [1.29, 1.82) is 0 Å². The smallest absolute Gasteiger partial charge is 0.289 e. The highest BCUT2D eigenvalue weighted by molar-refractivity contribution is 5.91. The molecule has 3 aromatic rings. The zero-order chi connectivity index (χ0) is 17.1. The molecular weight excluding hydrogens is 320 g/mol. The lowest BCUT2D eigenvalue weighted by atomic mass is 10.1. The van der Waals surface area contributed by atoms with Crippen LogP contribution in [0.2, 0.25) is 0 Å². The van der Waals surface area contributed by atoms with Crippen LogP contribution < -0.4 is 5.32 Å². The molecule has 1 aliphatic heterocycles. The van der Waals surface area contributed by atoms with Gasteiger partial charge in [0.25, 0.3) is 5.91 Å². The van der Waals surface area contributed by atoms with Crippen LogP contribution in [0.1, 0.15) is 33.5 Å². The third kappa shape index (κ3) is 3.46. The lowest BCUT2D eigenvalue weighted by molar-refractivity contribution is 0.0379. The second kappa shape index (κ2) is 6.90. The Morgan fingerprint density at radius 2 is 2.16 bits per heavy atom. The van der Waals surface area contributed by atoms with Crippen LogP contribution in [0.3, 0.4) is 0 Å². The maximum absolute atomic E-state index is 12.0. The monoisotopic (exact) mass is 338 g/mol. The summed E-state index contributed by atoms with van der Waals surface area (Å²) in [7, 11) is 0. The molecule has 1 atom stereocenters. The summed E-state index contributed by atoms with van der Waals surface area (Å²) in [5, 5.41) is 11.0. The predicted octanol–water partition coefficient (Wildman–Crippen LogP) is 1.96. The molecule has 128 valence electrons. The van der Waals surface area contributed by atoms with E-state index in [1.807, 2.05) is 22.9 Å². The first-order valence-electron chi connectivity index (χ1n) is 8.20. The lowest BCUT2D eigenvalue weighted by Gasteiger charge is -2.21. The van der Waals surface area contributed by atoms with Gasteiger partial charge in [0, 0.05) is 18.8 Å². The fourth-order valence-corrected chi connectivity index (χ4v) is 2.94. The number of carbonyl (C=O) groups is 1. The molecule has 7 heteroatoms. The fourth-order valence-electron chi connectivity index (χ4n) is 2.94. The third-order valence-corrected chi connectivity index (χ3v) is 4.16. The molecule has 0 fully saturated rings. The van der Waals surface area contributed by atoms with Gasteiger partial charge < -0.3 is 14.6 Å². The molecule has 1 aliphatic rings. The Balaban J connectivity index is 1.45. The molecule has 1 aromatic carbocycles. The summed E-state index contributed by atoms with van der Waals surface area (Å²) in [6.45, 7) is 1.67. The summed E-state index contributed by atoms with van der Waals surface area (Å²) >= 11 is 0. The minimum absolute atomic E-state index is 0.186. The van der Waals surface area contributed by atoms with E-state index in [-0.39, 0.29) is 17.8 Å². The van der Waals surface area contributed by atoms with Crippen molar-refractivity contribution in [2.45, 2.75) is 19.1 Å². The molecule has 0 aliphatic carbocycles. The molecular formula is C18H18N4O3. The molecule has 25 heavy (non-hydrogen) atoms. The van der Waals surface area contributed by atoms with E-state index in [0.29, 0.717) is 19.7 Å². The molecule has 0 saturated carbocycles. The molecule has 0 radical (unpaired) electrons. The van der Waals surface area contributed by atoms with E-state index in [9.17, 15) is 4.79 Å². The maximum Gasteiger partial charge on any atom is 0.289 e. The van der Waals surface area contributed by atoms with E-state index >= 15 is 0 Å². The molecule has 3 heterocycles. The summed E-state index contributed by atoms with van der Waals surface area (Å²) in [5.74, 6) is -0.123. The van der Waals surface area contributed by atoms with Gasteiger partial charge in [-0.25, -0.2) is 0 Å². The molecule has 1 amide bonds. The zero-order valence-electron chi connectivity index (χ0n) is 13.6. The topological polar surface area (TPSA) is 82.2 Å². The van der Waals surface area contributed by atoms with E-state index < -0.39 is 0 Å². The highest BCUT2D eigenvalue weighted by atomic mass is 16.5. The van der Waals surface area contributed by atoms with Crippen LogP contribution in [-0.4, -0.2) is 34.0 Å². The quantitative estimate of drug-likeness (QED) is 0.769. The van der Waals surface area contributed by atoms with Crippen molar-refractivity contribution in [2.24, 2.45) is 0 Å². The Morgan fingerprint density at radius 3 is 2.96 bits per heavy atom. The largest absolute Gasteiger partial charge is 0.370 e. The summed E-state index contributed by atoms with van der Waals surface area (Å²) in [6.07, 6.45) is 4.08. The van der Waals surface area contributed by atoms with Crippen LogP contribution in [0.5, 0.6) is 0 Å². The van der Waals surface area contributed by atoms with Crippen LogP contribution in [0.4, 0.5) is 0 Å². The number of carbonyl (C=O) groups excluding carboxylic acids is 1. The molecule has 4 rings (SSSR count). The van der Waals surface area contributed by atoms with Gasteiger partial charge in [-0.3, -0.25) is 9.48 Å². The van der Waals surface area contributed by atoms with Crippen molar-refractivity contribution in [3.63, 3.8) is 0 Å². The van der Waals surface area contributed by atoms with Gasteiger partial charge in [0.1, 0.15) is 6.10 Å². The minimum Gasteiger partial charge on any atom is -0.370 e. The Labute approximate surface area is 144 Å². The van der Waals surface area contributed by atoms with E-state index in [1.54, 1.807) is 0 Å². The number of ether oxygens (including phenoxy) is 1. The fraction of sp³-hybridized carbons (Fsp3) is 0.278. The first-order chi connectivity index (χ1) is 12.3. The van der Waals surface area contributed by atoms with Gasteiger partial charge in [0.15, 0.2) is 0 Å². The first-order valence-corrected chi connectivity index (χ1v) is 8.20. The number of nitrogens with one attached hydrogen (secondary N) is 1. The van der Waals surface area contributed by atoms with Gasteiger partial charge in [0.05, 0.1) is 25.0 Å². The normalized spacial score (nSPS) is 16.4. The van der Waals surface area contributed by atoms with Gasteiger partial charge in [-0.15, -0.1) is 0 Å². The molecule has 2 aromatic heterocycles. The standard InChI is InChI=1S/C18H18N4O3/c23-18(15-6-8-20-25-15)19-10-16-17-14(7-9-24-16)12-22(21-17)11-13-4-2-1-3-5-13/h1-6,8,12,16H,7,9-11H2,(H,19,23)/t16-/m0/s1. The van der Waals surface area contributed by atoms with Crippen molar-refractivity contribution in [3.8, 4) is 0 Å². The third-order valence-electron chi connectivity index (χ3n) is 4.16. The first kappa shape index (κ1) is 15.6. The minimum atomic E-state index is -0.308. The van der Waals surface area contributed by atoms with E-state index in [2.05, 4.69) is 33.9 Å². The van der Waals surface area contributed by atoms with Gasteiger partial charge in [-0.2, -0.15) is 5.10 Å². The number of fused-ring (bicyclic) bond motifs is 1. The van der Waals surface area contributed by atoms with Crippen LogP contribution in [0, 0.1) is 0 Å². The van der Waals surface area contributed by atoms with E-state index in [4.69, 9.17) is 9.26 Å². The van der Waals surface area contributed by atoms with Gasteiger partial charge in [-0.1, -0.05) is 35.5 Å². The van der Waals surface area contributed by atoms with Gasteiger partial charge in [-0.05, 0) is 17.5 Å². The second-order valence-corrected chi connectivity index (χ2v) is 5.92. The van der Waals surface area contributed by atoms with E-state index in [0.717, 1.165) is 12.1 Å². The summed E-state index contributed by atoms with van der Waals surface area (Å²) < 4.78 is 12.6. The lowest BCUT2D eigenvalue weighted by Crippen LogP contribution is -2.31. The SMILES string of the molecule is O=C(NC[C@@H]1OCCc2cn(Cc3ccccc3)nc21)c1ccno1. The van der Waals surface area contributed by atoms with E-state index in [1.165, 1.54) is 23.4 Å². The second-order valence-electron chi connectivity index (χ2n) is 5.92. The average Bonchev–Trinajstić information content (AvgIpc) is 3.30. The van der Waals surface area contributed by atoms with Crippen LogP contribution in [-0.2, 0) is 17.7 Å². The van der Waals surface area contributed by atoms with Crippen molar-refractivity contribution in [1.82, 2.24) is 20.3 Å². The van der Waals surface area contributed by atoms with Crippen molar-refractivity contribution < 1.29 is 14.1 Å². The number of nitrogens with zero attached hydrogens (tertiary/aromatic N) is 3.